The summed E-state index contributed by atoms with van der Waals surface area (Å²) < 4.78 is 6.41. The smallest absolute Gasteiger partial charge is 0.272 e. The molecular weight excluding hydrogens is 423 g/mol. The molecule has 158 valence electrons. The van der Waals surface area contributed by atoms with E-state index >= 15 is 0 Å². The van der Waals surface area contributed by atoms with Gasteiger partial charge in [-0.25, -0.2) is 0 Å². The monoisotopic (exact) mass is 446 g/mol. The number of carbonyl (C=O) groups excluding carboxylic acids is 1. The number of ether oxygens (including phenoxy) is 1. The number of nitrogens with one attached hydrogen (secondary N) is 1. The molecule has 0 bridgehead atoms. The van der Waals surface area contributed by atoms with Gasteiger partial charge in [-0.3, -0.25) is 4.79 Å². The second-order valence-electron chi connectivity index (χ2n) is 8.87. The van der Waals surface area contributed by atoms with Crippen LogP contribution in [0, 0.1) is 22.2 Å². The summed E-state index contributed by atoms with van der Waals surface area (Å²) in [4.78, 5) is 12.7. The summed E-state index contributed by atoms with van der Waals surface area (Å²) in [7, 11) is 0. The first-order chi connectivity index (χ1) is 14.0. The van der Waals surface area contributed by atoms with Gasteiger partial charge in [0.05, 0.1) is 10.6 Å². The quantitative estimate of drug-likeness (QED) is 0.709. The first kappa shape index (κ1) is 22.3. The lowest BCUT2D eigenvalue weighted by atomic mass is 9.60. The van der Waals surface area contributed by atoms with Crippen LogP contribution in [0.1, 0.15) is 56.6 Å². The normalized spacial score (nSPS) is 22.0. The summed E-state index contributed by atoms with van der Waals surface area (Å²) in [5.74, 6) is 0.304. The Balaban J connectivity index is 1.83. The number of benzene rings is 1. The van der Waals surface area contributed by atoms with Crippen LogP contribution in [0.5, 0.6) is 5.75 Å². The Hall–Kier alpha value is -2.36. The number of halogens is 2. The third-order valence-electron chi connectivity index (χ3n) is 5.85. The molecule has 6 nitrogen and oxygen atoms in total. The van der Waals surface area contributed by atoms with Gasteiger partial charge < -0.3 is 10.1 Å². The molecule has 0 saturated heterocycles. The predicted molar refractivity (Wildman–Crippen MR) is 116 cm³/mol. The van der Waals surface area contributed by atoms with Gasteiger partial charge in [-0.1, -0.05) is 50.9 Å². The van der Waals surface area contributed by atoms with Crippen molar-refractivity contribution in [1.29, 1.82) is 5.26 Å². The number of hydrogen-bond donors (Lipinski definition) is 1. The van der Waals surface area contributed by atoms with Gasteiger partial charge in [0.2, 0.25) is 0 Å². The number of rotatable bonds is 4. The van der Waals surface area contributed by atoms with E-state index in [-0.39, 0.29) is 34.3 Å². The van der Waals surface area contributed by atoms with Crippen molar-refractivity contribution in [3.8, 4) is 11.8 Å². The molecule has 30 heavy (non-hydrogen) atoms. The molecule has 2 atom stereocenters. The molecule has 1 fully saturated rings. The second-order valence-corrected chi connectivity index (χ2v) is 9.66. The molecule has 0 radical (unpaired) electrons. The van der Waals surface area contributed by atoms with E-state index in [9.17, 15) is 4.79 Å². The fraction of sp³-hybridized carbons (Fsp3) is 0.455. The summed E-state index contributed by atoms with van der Waals surface area (Å²) in [5, 5.41) is 20.4. The molecule has 1 saturated carbocycles. The molecule has 1 aliphatic carbocycles. The number of amides is 1. The van der Waals surface area contributed by atoms with Crippen molar-refractivity contribution >= 4 is 29.1 Å². The Bertz CT molecular complexity index is 984. The van der Waals surface area contributed by atoms with Crippen molar-refractivity contribution in [3.63, 3.8) is 0 Å². The van der Waals surface area contributed by atoms with Crippen molar-refractivity contribution in [2.45, 2.75) is 52.7 Å². The summed E-state index contributed by atoms with van der Waals surface area (Å²) in [6, 6.07) is 10.1. The number of aromatic nitrogens is 2. The maximum atomic E-state index is 12.7. The molecule has 1 amide bonds. The first-order valence-electron chi connectivity index (χ1n) is 9.71. The predicted octanol–water partition coefficient (Wildman–Crippen LogP) is 5.05. The maximum absolute atomic E-state index is 12.7. The van der Waals surface area contributed by atoms with Crippen LogP contribution in [-0.4, -0.2) is 28.3 Å². The molecule has 1 aromatic carbocycles. The average Bonchev–Trinajstić information content (AvgIpc) is 2.68. The van der Waals surface area contributed by atoms with E-state index in [1.54, 1.807) is 30.3 Å². The fourth-order valence-electron chi connectivity index (χ4n) is 4.24. The highest BCUT2D eigenvalue weighted by Crippen LogP contribution is 2.48. The van der Waals surface area contributed by atoms with Gasteiger partial charge in [0.25, 0.3) is 5.91 Å². The fourth-order valence-corrected chi connectivity index (χ4v) is 4.56. The molecule has 1 N–H and O–H groups in total. The minimum absolute atomic E-state index is 0.130. The average molecular weight is 447 g/mol. The zero-order valence-electron chi connectivity index (χ0n) is 17.4. The van der Waals surface area contributed by atoms with E-state index in [1.165, 1.54) is 0 Å². The SMILES string of the molecule is CC1(C)CCC(NC(=O)c2ccc(Cl)nn2)C(C)(C)C1Oc1ccc(C#N)c(Cl)c1. The topological polar surface area (TPSA) is 87.9 Å². The lowest BCUT2D eigenvalue weighted by Gasteiger charge is -2.52. The summed E-state index contributed by atoms with van der Waals surface area (Å²) in [6.07, 6.45) is 1.47. The van der Waals surface area contributed by atoms with Gasteiger partial charge >= 0.3 is 0 Å². The molecule has 2 aromatic rings. The van der Waals surface area contributed by atoms with E-state index in [2.05, 4.69) is 49.3 Å². The van der Waals surface area contributed by atoms with Crippen molar-refractivity contribution in [2.75, 3.05) is 0 Å². The van der Waals surface area contributed by atoms with Crippen LogP contribution in [0.3, 0.4) is 0 Å². The minimum atomic E-state index is -0.391. The lowest BCUT2D eigenvalue weighted by molar-refractivity contribution is -0.0740. The summed E-state index contributed by atoms with van der Waals surface area (Å²) in [6.45, 7) is 8.49. The molecular formula is C22H24Cl2N4O2. The van der Waals surface area contributed by atoms with Gasteiger partial charge in [-0.15, -0.1) is 10.2 Å². The Kier molecular flexibility index (Phi) is 6.26. The van der Waals surface area contributed by atoms with E-state index in [0.717, 1.165) is 12.8 Å². The van der Waals surface area contributed by atoms with Crippen LogP contribution in [0.25, 0.3) is 0 Å². The highest BCUT2D eigenvalue weighted by atomic mass is 35.5. The van der Waals surface area contributed by atoms with Crippen LogP contribution in [0.2, 0.25) is 10.2 Å². The van der Waals surface area contributed by atoms with Gasteiger partial charge in [0, 0.05) is 22.9 Å². The zero-order chi connectivity index (χ0) is 22.1. The second kappa shape index (κ2) is 8.41. The van der Waals surface area contributed by atoms with Crippen LogP contribution < -0.4 is 10.1 Å². The third-order valence-corrected chi connectivity index (χ3v) is 6.36. The highest BCUT2D eigenvalue weighted by molar-refractivity contribution is 6.31. The minimum Gasteiger partial charge on any atom is -0.489 e. The summed E-state index contributed by atoms with van der Waals surface area (Å²) in [5.41, 5.74) is 0.0970. The molecule has 2 unspecified atom stereocenters. The zero-order valence-corrected chi connectivity index (χ0v) is 18.9. The van der Waals surface area contributed by atoms with E-state index in [4.69, 9.17) is 33.2 Å². The van der Waals surface area contributed by atoms with Crippen molar-refractivity contribution in [3.05, 3.63) is 51.8 Å². The number of nitrogens with zero attached hydrogens (tertiary/aromatic N) is 3. The van der Waals surface area contributed by atoms with Gasteiger partial charge in [-0.05, 0) is 37.1 Å². The standard InChI is InChI=1S/C22H24Cl2N4O2/c1-21(2)10-9-17(26-19(29)16-7-8-18(24)28-27-16)22(3,4)20(21)30-14-6-5-13(12-25)15(23)11-14/h5-8,11,17,20H,9-10H2,1-4H3,(H,26,29). The van der Waals surface area contributed by atoms with E-state index < -0.39 is 5.41 Å². The Labute approximate surface area is 186 Å². The van der Waals surface area contributed by atoms with Crippen LogP contribution >= 0.6 is 23.2 Å². The van der Waals surface area contributed by atoms with Crippen molar-refractivity contribution in [2.24, 2.45) is 10.8 Å². The molecule has 8 heteroatoms. The highest BCUT2D eigenvalue weighted by Gasteiger charge is 2.51. The molecule has 1 aliphatic rings. The molecule has 0 spiro atoms. The Morgan fingerprint density at radius 3 is 2.53 bits per heavy atom. The maximum Gasteiger partial charge on any atom is 0.272 e. The first-order valence-corrected chi connectivity index (χ1v) is 10.5. The van der Waals surface area contributed by atoms with Crippen molar-refractivity contribution < 1.29 is 9.53 Å². The van der Waals surface area contributed by atoms with Gasteiger partial charge in [0.1, 0.15) is 17.9 Å². The third kappa shape index (κ3) is 4.53. The lowest BCUT2D eigenvalue weighted by Crippen LogP contribution is -2.60. The van der Waals surface area contributed by atoms with E-state index in [0.29, 0.717) is 16.3 Å². The molecule has 1 heterocycles. The van der Waals surface area contributed by atoms with E-state index in [1.807, 2.05) is 0 Å². The number of carbonyl (C=O) groups is 1. The number of hydrogen-bond acceptors (Lipinski definition) is 5. The van der Waals surface area contributed by atoms with Crippen LogP contribution in [0.4, 0.5) is 0 Å². The van der Waals surface area contributed by atoms with Crippen LogP contribution in [-0.2, 0) is 0 Å². The molecule has 0 aliphatic heterocycles. The van der Waals surface area contributed by atoms with Crippen molar-refractivity contribution in [1.82, 2.24) is 15.5 Å². The molecule has 3 rings (SSSR count). The Morgan fingerprint density at radius 2 is 1.93 bits per heavy atom. The number of nitriles is 1. The van der Waals surface area contributed by atoms with Crippen LogP contribution in [0.15, 0.2) is 30.3 Å². The Morgan fingerprint density at radius 1 is 1.20 bits per heavy atom. The largest absolute Gasteiger partial charge is 0.489 e. The van der Waals surface area contributed by atoms with Gasteiger partial charge in [0.15, 0.2) is 10.8 Å². The molecule has 1 aromatic heterocycles. The van der Waals surface area contributed by atoms with Gasteiger partial charge in [-0.2, -0.15) is 5.26 Å². The summed E-state index contributed by atoms with van der Waals surface area (Å²) >= 11 is 11.9.